The molecule has 0 aromatic carbocycles. The number of carbonyl (C=O) groups is 1. The fourth-order valence-electron chi connectivity index (χ4n) is 2.70. The lowest BCUT2D eigenvalue weighted by molar-refractivity contribution is 0.101. The molecule has 1 N–H and O–H groups in total. The van der Waals surface area contributed by atoms with E-state index < -0.39 is 0 Å². The van der Waals surface area contributed by atoms with E-state index in [1.54, 1.807) is 30.3 Å². The number of piperidine rings is 1. The molecule has 7 nitrogen and oxygen atoms in total. The van der Waals surface area contributed by atoms with Crippen molar-refractivity contribution in [2.45, 2.75) is 18.9 Å². The molecule has 7 heteroatoms. The van der Waals surface area contributed by atoms with Crippen molar-refractivity contribution in [1.82, 2.24) is 24.2 Å². The van der Waals surface area contributed by atoms with E-state index >= 15 is 0 Å². The van der Waals surface area contributed by atoms with Crippen LogP contribution in [0.3, 0.4) is 0 Å². The van der Waals surface area contributed by atoms with Crippen LogP contribution in [0.15, 0.2) is 24.8 Å². The molecule has 112 valence electrons. The van der Waals surface area contributed by atoms with Crippen molar-refractivity contribution in [2.24, 2.45) is 7.05 Å². The number of aryl methyl sites for hydroxylation is 1. The number of imidazole rings is 1. The van der Waals surface area contributed by atoms with E-state index in [1.807, 2.05) is 10.7 Å². The zero-order valence-corrected chi connectivity index (χ0v) is 12.4. The second-order valence-electron chi connectivity index (χ2n) is 5.54. The number of hydrogen-bond donors (Lipinski definition) is 1. The molecular formula is C14H20N6O. The molecule has 2 aromatic heterocycles. The number of aromatic nitrogens is 4. The first-order chi connectivity index (χ1) is 10.1. The number of likely N-dealkylation sites (tertiary alicyclic amines) is 1. The Labute approximate surface area is 123 Å². The van der Waals surface area contributed by atoms with Gasteiger partial charge in [0.1, 0.15) is 11.5 Å². The molecule has 1 aliphatic rings. The standard InChI is InChI=1S/C14H20N6O/c1-18-7-4-11(5-8-18)20-13(3-6-16-20)17-14(21)12-9-15-10-19(12)2/h3,6,9-11H,4-5,7-8H2,1-2H3,(H,17,21). The van der Waals surface area contributed by atoms with E-state index in [1.165, 1.54) is 0 Å². The predicted molar refractivity (Wildman–Crippen MR) is 79.2 cm³/mol. The summed E-state index contributed by atoms with van der Waals surface area (Å²) in [7, 11) is 3.93. The molecular weight excluding hydrogens is 268 g/mol. The Hall–Kier alpha value is -2.15. The van der Waals surface area contributed by atoms with Crippen LogP contribution >= 0.6 is 0 Å². The van der Waals surface area contributed by atoms with Gasteiger partial charge in [-0.3, -0.25) is 4.79 Å². The third-order valence-electron chi connectivity index (χ3n) is 4.00. The van der Waals surface area contributed by atoms with Crippen LogP contribution in [-0.4, -0.2) is 50.3 Å². The summed E-state index contributed by atoms with van der Waals surface area (Å²) in [6, 6.07) is 2.19. The smallest absolute Gasteiger partial charge is 0.275 e. The first kappa shape index (κ1) is 13.8. The molecule has 1 saturated heterocycles. The lowest BCUT2D eigenvalue weighted by atomic mass is 10.1. The van der Waals surface area contributed by atoms with Crippen LogP contribution in [-0.2, 0) is 7.05 Å². The van der Waals surface area contributed by atoms with Gasteiger partial charge < -0.3 is 14.8 Å². The van der Waals surface area contributed by atoms with E-state index in [4.69, 9.17) is 0 Å². The Morgan fingerprint density at radius 3 is 2.76 bits per heavy atom. The monoisotopic (exact) mass is 288 g/mol. The molecule has 3 heterocycles. The van der Waals surface area contributed by atoms with Gasteiger partial charge >= 0.3 is 0 Å². The lowest BCUT2D eigenvalue weighted by Crippen LogP contribution is -2.32. The van der Waals surface area contributed by atoms with Crippen LogP contribution in [0.25, 0.3) is 0 Å². The van der Waals surface area contributed by atoms with Crippen LogP contribution in [0.4, 0.5) is 5.82 Å². The molecule has 3 rings (SSSR count). The Morgan fingerprint density at radius 2 is 2.10 bits per heavy atom. The van der Waals surface area contributed by atoms with Crippen LogP contribution in [0.2, 0.25) is 0 Å². The van der Waals surface area contributed by atoms with E-state index in [-0.39, 0.29) is 5.91 Å². The van der Waals surface area contributed by atoms with E-state index in [0.717, 1.165) is 31.7 Å². The fourth-order valence-corrected chi connectivity index (χ4v) is 2.70. The molecule has 21 heavy (non-hydrogen) atoms. The Morgan fingerprint density at radius 1 is 1.33 bits per heavy atom. The molecule has 0 radical (unpaired) electrons. The molecule has 0 atom stereocenters. The quantitative estimate of drug-likeness (QED) is 0.919. The summed E-state index contributed by atoms with van der Waals surface area (Å²) < 4.78 is 3.63. The van der Waals surface area contributed by atoms with E-state index in [0.29, 0.717) is 11.7 Å². The van der Waals surface area contributed by atoms with Crippen molar-refractivity contribution >= 4 is 11.7 Å². The maximum atomic E-state index is 12.3. The minimum Gasteiger partial charge on any atom is -0.330 e. The van der Waals surface area contributed by atoms with Crippen LogP contribution in [0, 0.1) is 0 Å². The van der Waals surface area contributed by atoms with E-state index in [2.05, 4.69) is 27.3 Å². The van der Waals surface area contributed by atoms with Crippen molar-refractivity contribution in [3.63, 3.8) is 0 Å². The number of carbonyl (C=O) groups excluding carboxylic acids is 1. The summed E-state index contributed by atoms with van der Waals surface area (Å²) in [4.78, 5) is 18.5. The highest BCUT2D eigenvalue weighted by atomic mass is 16.2. The molecule has 1 aliphatic heterocycles. The first-order valence-corrected chi connectivity index (χ1v) is 7.15. The number of rotatable bonds is 3. The summed E-state index contributed by atoms with van der Waals surface area (Å²) in [6.07, 6.45) is 7.01. The van der Waals surface area contributed by atoms with Crippen LogP contribution in [0.5, 0.6) is 0 Å². The summed E-state index contributed by atoms with van der Waals surface area (Å²) in [5.41, 5.74) is 0.533. The fraction of sp³-hybridized carbons (Fsp3) is 0.500. The number of anilines is 1. The van der Waals surface area contributed by atoms with Crippen LogP contribution < -0.4 is 5.32 Å². The highest BCUT2D eigenvalue weighted by molar-refractivity contribution is 6.02. The van der Waals surface area contributed by atoms with Gasteiger partial charge in [0.15, 0.2) is 0 Å². The number of amides is 1. The summed E-state index contributed by atoms with van der Waals surface area (Å²) >= 11 is 0. The normalized spacial score (nSPS) is 17.0. The highest BCUT2D eigenvalue weighted by Gasteiger charge is 2.22. The third-order valence-corrected chi connectivity index (χ3v) is 4.00. The topological polar surface area (TPSA) is 68.0 Å². The van der Waals surface area contributed by atoms with Gasteiger partial charge in [0.25, 0.3) is 5.91 Å². The van der Waals surface area contributed by atoms with Crippen molar-refractivity contribution in [3.05, 3.63) is 30.5 Å². The molecule has 0 spiro atoms. The van der Waals surface area contributed by atoms with Gasteiger partial charge in [0.2, 0.25) is 0 Å². The van der Waals surface area contributed by atoms with Gasteiger partial charge in [-0.15, -0.1) is 0 Å². The second kappa shape index (κ2) is 5.69. The first-order valence-electron chi connectivity index (χ1n) is 7.15. The predicted octanol–water partition coefficient (Wildman–Crippen LogP) is 1.14. The number of hydrogen-bond acceptors (Lipinski definition) is 4. The molecule has 0 saturated carbocycles. The molecule has 0 aliphatic carbocycles. The lowest BCUT2D eigenvalue weighted by Gasteiger charge is -2.29. The van der Waals surface area contributed by atoms with Gasteiger partial charge in [-0.25, -0.2) is 9.67 Å². The van der Waals surface area contributed by atoms with Gasteiger partial charge in [0, 0.05) is 13.1 Å². The minimum absolute atomic E-state index is 0.162. The average Bonchev–Trinajstić information content (AvgIpc) is 3.09. The zero-order chi connectivity index (χ0) is 14.8. The third kappa shape index (κ3) is 2.82. The number of nitrogens with zero attached hydrogens (tertiary/aromatic N) is 5. The maximum Gasteiger partial charge on any atom is 0.275 e. The highest BCUT2D eigenvalue weighted by Crippen LogP contribution is 2.24. The van der Waals surface area contributed by atoms with Gasteiger partial charge in [0.05, 0.1) is 24.8 Å². The van der Waals surface area contributed by atoms with Crippen molar-refractivity contribution in [3.8, 4) is 0 Å². The van der Waals surface area contributed by atoms with Gasteiger partial charge in [-0.2, -0.15) is 5.10 Å². The summed E-state index contributed by atoms with van der Waals surface area (Å²) in [6.45, 7) is 2.11. The van der Waals surface area contributed by atoms with Crippen molar-refractivity contribution < 1.29 is 4.79 Å². The minimum atomic E-state index is -0.162. The van der Waals surface area contributed by atoms with Crippen LogP contribution in [0.1, 0.15) is 29.4 Å². The van der Waals surface area contributed by atoms with E-state index in [9.17, 15) is 4.79 Å². The molecule has 1 fully saturated rings. The molecule has 0 bridgehead atoms. The number of nitrogens with one attached hydrogen (secondary N) is 1. The summed E-state index contributed by atoms with van der Waals surface area (Å²) in [5, 5.41) is 7.31. The summed E-state index contributed by atoms with van der Waals surface area (Å²) in [5.74, 6) is 0.584. The molecule has 2 aromatic rings. The average molecular weight is 288 g/mol. The van der Waals surface area contributed by atoms with Crippen molar-refractivity contribution in [1.29, 1.82) is 0 Å². The second-order valence-corrected chi connectivity index (χ2v) is 5.54. The van der Waals surface area contributed by atoms with Crippen molar-refractivity contribution in [2.75, 3.05) is 25.5 Å². The molecule has 0 unspecified atom stereocenters. The zero-order valence-electron chi connectivity index (χ0n) is 12.4. The SMILES string of the molecule is CN1CCC(n2nccc2NC(=O)c2cncn2C)CC1. The Kier molecular flexibility index (Phi) is 3.74. The van der Waals surface area contributed by atoms with Gasteiger partial charge in [-0.1, -0.05) is 0 Å². The Balaban J connectivity index is 1.74. The maximum absolute atomic E-state index is 12.3. The Bertz CT molecular complexity index is 623. The largest absolute Gasteiger partial charge is 0.330 e. The van der Waals surface area contributed by atoms with Gasteiger partial charge in [-0.05, 0) is 33.0 Å². The molecule has 1 amide bonds.